The van der Waals surface area contributed by atoms with E-state index >= 15 is 0 Å². The first kappa shape index (κ1) is 17.3. The standard InChI is InChI=1S/C16H22N4O2S/c1-11(2)8-9-17-14(21)10-13-15(22)18-16(23-13)20-19-12-6-4-3-5-7-12/h3-7,11,13,19H,8-10H2,1-2H3,(H,17,21)(H,18,20,22)/t13-/m0/s1. The molecule has 1 saturated heterocycles. The van der Waals surface area contributed by atoms with E-state index < -0.39 is 5.25 Å². The molecule has 0 spiro atoms. The summed E-state index contributed by atoms with van der Waals surface area (Å²) in [6.45, 7) is 4.86. The lowest BCUT2D eigenvalue weighted by molar-refractivity contribution is -0.125. The quantitative estimate of drug-likeness (QED) is 0.667. The lowest BCUT2D eigenvalue weighted by atomic mass is 10.1. The van der Waals surface area contributed by atoms with Crippen molar-refractivity contribution in [2.24, 2.45) is 11.0 Å². The zero-order valence-electron chi connectivity index (χ0n) is 13.3. The number of hydrogen-bond acceptors (Lipinski definition) is 5. The molecule has 0 aromatic heterocycles. The number of carbonyl (C=O) groups is 2. The van der Waals surface area contributed by atoms with Gasteiger partial charge in [-0.3, -0.25) is 15.0 Å². The minimum Gasteiger partial charge on any atom is -0.356 e. The first-order valence-electron chi connectivity index (χ1n) is 7.67. The van der Waals surface area contributed by atoms with Crippen molar-refractivity contribution >= 4 is 34.4 Å². The lowest BCUT2D eigenvalue weighted by Gasteiger charge is -2.08. The molecular weight excluding hydrogens is 312 g/mol. The number of hydrazone groups is 1. The van der Waals surface area contributed by atoms with E-state index in [4.69, 9.17) is 0 Å². The topological polar surface area (TPSA) is 82.6 Å². The minimum absolute atomic E-state index is 0.101. The molecule has 0 saturated carbocycles. The molecule has 0 radical (unpaired) electrons. The molecule has 2 rings (SSSR count). The molecule has 7 heteroatoms. The Labute approximate surface area is 140 Å². The molecule has 1 aromatic rings. The summed E-state index contributed by atoms with van der Waals surface area (Å²) in [7, 11) is 0. The molecule has 1 aromatic carbocycles. The molecule has 2 amide bonds. The molecule has 124 valence electrons. The molecule has 0 aliphatic carbocycles. The van der Waals surface area contributed by atoms with Gasteiger partial charge in [0.1, 0.15) is 5.25 Å². The highest BCUT2D eigenvalue weighted by molar-refractivity contribution is 8.15. The highest BCUT2D eigenvalue weighted by Gasteiger charge is 2.32. The maximum absolute atomic E-state index is 11.9. The van der Waals surface area contributed by atoms with Crippen molar-refractivity contribution in [2.45, 2.75) is 31.9 Å². The number of thioether (sulfide) groups is 1. The molecule has 3 N–H and O–H groups in total. The Balaban J connectivity index is 1.79. The first-order chi connectivity index (χ1) is 11.0. The van der Waals surface area contributed by atoms with Gasteiger partial charge in [0, 0.05) is 13.0 Å². The number of anilines is 1. The number of carbonyl (C=O) groups excluding carboxylic acids is 2. The summed E-state index contributed by atoms with van der Waals surface area (Å²) in [5.74, 6) is 0.264. The van der Waals surface area contributed by atoms with E-state index in [2.05, 4.69) is 35.0 Å². The van der Waals surface area contributed by atoms with Crippen molar-refractivity contribution in [3.05, 3.63) is 30.3 Å². The summed E-state index contributed by atoms with van der Waals surface area (Å²) in [6, 6.07) is 9.47. The van der Waals surface area contributed by atoms with Crippen molar-refractivity contribution in [2.75, 3.05) is 12.0 Å². The Kier molecular flexibility index (Phi) is 6.46. The Bertz CT molecular complexity index is 575. The molecule has 1 heterocycles. The van der Waals surface area contributed by atoms with Crippen LogP contribution in [0.25, 0.3) is 0 Å². The smallest absolute Gasteiger partial charge is 0.240 e. The fourth-order valence-corrected chi connectivity index (χ4v) is 2.89. The van der Waals surface area contributed by atoms with E-state index in [1.807, 2.05) is 30.3 Å². The zero-order valence-corrected chi connectivity index (χ0v) is 14.2. The number of amides is 2. The minimum atomic E-state index is -0.426. The number of nitrogens with zero attached hydrogens (tertiary/aromatic N) is 1. The van der Waals surface area contributed by atoms with Gasteiger partial charge in [-0.05, 0) is 24.5 Å². The van der Waals surface area contributed by atoms with Crippen molar-refractivity contribution in [1.82, 2.24) is 10.6 Å². The highest BCUT2D eigenvalue weighted by Crippen LogP contribution is 2.22. The van der Waals surface area contributed by atoms with Crippen LogP contribution in [0.3, 0.4) is 0 Å². The van der Waals surface area contributed by atoms with E-state index in [9.17, 15) is 9.59 Å². The lowest BCUT2D eigenvalue weighted by Crippen LogP contribution is -2.32. The summed E-state index contributed by atoms with van der Waals surface area (Å²) in [5.41, 5.74) is 3.72. The van der Waals surface area contributed by atoms with Crippen LogP contribution < -0.4 is 16.1 Å². The monoisotopic (exact) mass is 334 g/mol. The molecule has 0 bridgehead atoms. The second-order valence-electron chi connectivity index (χ2n) is 5.73. The van der Waals surface area contributed by atoms with Gasteiger partial charge in [-0.1, -0.05) is 43.8 Å². The van der Waals surface area contributed by atoms with Crippen LogP contribution in [0.2, 0.25) is 0 Å². The molecular formula is C16H22N4O2S. The van der Waals surface area contributed by atoms with Gasteiger partial charge in [0.2, 0.25) is 11.8 Å². The van der Waals surface area contributed by atoms with Crippen LogP contribution in [0.5, 0.6) is 0 Å². The Morgan fingerprint density at radius 2 is 2.09 bits per heavy atom. The van der Waals surface area contributed by atoms with Crippen molar-refractivity contribution in [1.29, 1.82) is 0 Å². The summed E-state index contributed by atoms with van der Waals surface area (Å²) >= 11 is 1.27. The van der Waals surface area contributed by atoms with Crippen molar-refractivity contribution < 1.29 is 9.59 Å². The predicted molar refractivity (Wildman–Crippen MR) is 94.1 cm³/mol. The summed E-state index contributed by atoms with van der Waals surface area (Å²) in [5, 5.41) is 9.74. The number of para-hydroxylation sites is 1. The predicted octanol–water partition coefficient (Wildman–Crippen LogP) is 2.15. The van der Waals surface area contributed by atoms with E-state index in [-0.39, 0.29) is 18.2 Å². The second-order valence-corrected chi connectivity index (χ2v) is 6.92. The van der Waals surface area contributed by atoms with Gasteiger partial charge in [-0.25, -0.2) is 0 Å². The second kappa shape index (κ2) is 8.57. The van der Waals surface area contributed by atoms with Gasteiger partial charge in [-0.2, -0.15) is 0 Å². The van der Waals surface area contributed by atoms with Gasteiger partial charge >= 0.3 is 0 Å². The fraction of sp³-hybridized carbons (Fsp3) is 0.438. The maximum Gasteiger partial charge on any atom is 0.240 e. The third kappa shape index (κ3) is 5.94. The summed E-state index contributed by atoms with van der Waals surface area (Å²) in [4.78, 5) is 23.7. The van der Waals surface area contributed by atoms with Gasteiger partial charge in [0.05, 0.1) is 5.69 Å². The van der Waals surface area contributed by atoms with Crippen LogP contribution in [-0.2, 0) is 9.59 Å². The SMILES string of the molecule is CC(C)CCNC(=O)C[C@@H]1S/C(=N\Nc2ccccc2)NC1=O. The average molecular weight is 334 g/mol. The van der Waals surface area contributed by atoms with Crippen LogP contribution >= 0.6 is 11.8 Å². The normalized spacial score (nSPS) is 19.0. The Hall–Kier alpha value is -2.02. The van der Waals surface area contributed by atoms with Crippen molar-refractivity contribution in [3.63, 3.8) is 0 Å². The van der Waals surface area contributed by atoms with Crippen LogP contribution in [0.4, 0.5) is 5.69 Å². The van der Waals surface area contributed by atoms with Crippen LogP contribution in [0, 0.1) is 5.92 Å². The first-order valence-corrected chi connectivity index (χ1v) is 8.55. The number of benzene rings is 1. The molecule has 1 aliphatic rings. The van der Waals surface area contributed by atoms with Crippen LogP contribution in [-0.4, -0.2) is 28.8 Å². The number of amidine groups is 1. The van der Waals surface area contributed by atoms with E-state index in [0.29, 0.717) is 17.6 Å². The molecule has 1 aliphatic heterocycles. The molecule has 0 unspecified atom stereocenters. The zero-order chi connectivity index (χ0) is 16.7. The fourth-order valence-electron chi connectivity index (χ4n) is 1.96. The molecule has 6 nitrogen and oxygen atoms in total. The maximum atomic E-state index is 11.9. The highest BCUT2D eigenvalue weighted by atomic mass is 32.2. The van der Waals surface area contributed by atoms with E-state index in [0.717, 1.165) is 12.1 Å². The van der Waals surface area contributed by atoms with Crippen LogP contribution in [0.15, 0.2) is 35.4 Å². The number of hydrogen-bond donors (Lipinski definition) is 3. The Morgan fingerprint density at radius 3 is 2.78 bits per heavy atom. The van der Waals surface area contributed by atoms with E-state index in [1.54, 1.807) is 0 Å². The molecule has 1 fully saturated rings. The summed E-state index contributed by atoms with van der Waals surface area (Å²) < 4.78 is 0. The van der Waals surface area contributed by atoms with Gasteiger partial charge < -0.3 is 10.6 Å². The van der Waals surface area contributed by atoms with Gasteiger partial charge in [-0.15, -0.1) is 5.10 Å². The Morgan fingerprint density at radius 1 is 1.35 bits per heavy atom. The van der Waals surface area contributed by atoms with Crippen molar-refractivity contribution in [3.8, 4) is 0 Å². The summed E-state index contributed by atoms with van der Waals surface area (Å²) in [6.07, 6.45) is 1.10. The third-order valence-corrected chi connectivity index (χ3v) is 4.33. The largest absolute Gasteiger partial charge is 0.356 e. The molecule has 23 heavy (non-hydrogen) atoms. The molecule has 1 atom stereocenters. The van der Waals surface area contributed by atoms with Gasteiger partial charge in [0.25, 0.3) is 0 Å². The number of rotatable bonds is 7. The van der Waals surface area contributed by atoms with Crippen LogP contribution in [0.1, 0.15) is 26.7 Å². The third-order valence-electron chi connectivity index (χ3n) is 3.25. The number of nitrogens with one attached hydrogen (secondary N) is 3. The van der Waals surface area contributed by atoms with Gasteiger partial charge in [0.15, 0.2) is 5.17 Å². The average Bonchev–Trinajstić information content (AvgIpc) is 2.86. The van der Waals surface area contributed by atoms with E-state index in [1.165, 1.54) is 11.8 Å².